The summed E-state index contributed by atoms with van der Waals surface area (Å²) in [5.41, 5.74) is 3.64. The Balaban J connectivity index is 1.42. The van der Waals surface area contributed by atoms with Gasteiger partial charge in [-0.15, -0.1) is 5.10 Å². The van der Waals surface area contributed by atoms with Crippen LogP contribution in [0.2, 0.25) is 0 Å². The van der Waals surface area contributed by atoms with E-state index in [4.69, 9.17) is 0 Å². The number of anilines is 2. The van der Waals surface area contributed by atoms with Crippen molar-refractivity contribution in [3.05, 3.63) is 82.1 Å². The second kappa shape index (κ2) is 8.41. The topological polar surface area (TPSA) is 70.5 Å². The highest BCUT2D eigenvalue weighted by molar-refractivity contribution is 5.89. The van der Waals surface area contributed by atoms with Gasteiger partial charge >= 0.3 is 6.03 Å². The second-order valence-corrected chi connectivity index (χ2v) is 7.55. The summed E-state index contributed by atoms with van der Waals surface area (Å²) in [6.07, 6.45) is 0. The lowest BCUT2D eigenvalue weighted by Crippen LogP contribution is -2.50. The first-order valence-electron chi connectivity index (χ1n) is 10.0. The van der Waals surface area contributed by atoms with Crippen molar-refractivity contribution in [2.75, 3.05) is 36.4 Å². The number of hydrogen-bond donors (Lipinski definition) is 1. The summed E-state index contributed by atoms with van der Waals surface area (Å²) in [7, 11) is 0. The number of aryl methyl sites for hydroxylation is 2. The van der Waals surface area contributed by atoms with E-state index < -0.39 is 0 Å². The van der Waals surface area contributed by atoms with E-state index in [9.17, 15) is 9.59 Å². The number of nitrogens with zero attached hydrogens (tertiary/aromatic N) is 4. The lowest BCUT2D eigenvalue weighted by molar-refractivity contribution is 0.208. The van der Waals surface area contributed by atoms with Crippen molar-refractivity contribution in [2.45, 2.75) is 13.8 Å². The summed E-state index contributed by atoms with van der Waals surface area (Å²) >= 11 is 0. The molecule has 2 heterocycles. The van der Waals surface area contributed by atoms with Gasteiger partial charge in [-0.05, 0) is 44.2 Å². The highest BCUT2D eigenvalue weighted by atomic mass is 16.2. The molecular weight excluding hydrogens is 378 g/mol. The highest BCUT2D eigenvalue weighted by Gasteiger charge is 2.22. The minimum atomic E-state index is -0.168. The third-order valence-electron chi connectivity index (χ3n) is 5.26. The molecule has 2 aromatic carbocycles. The molecule has 1 aromatic heterocycles. The van der Waals surface area contributed by atoms with Gasteiger partial charge in [0.25, 0.3) is 5.56 Å². The molecule has 1 N–H and O–H groups in total. The summed E-state index contributed by atoms with van der Waals surface area (Å²) in [4.78, 5) is 28.7. The van der Waals surface area contributed by atoms with Gasteiger partial charge in [0.05, 0.1) is 5.69 Å². The van der Waals surface area contributed by atoms with Crippen LogP contribution in [-0.2, 0) is 0 Å². The van der Waals surface area contributed by atoms with Crippen molar-refractivity contribution in [1.82, 2.24) is 14.7 Å². The number of nitrogens with one attached hydrogen (secondary N) is 1. The fourth-order valence-corrected chi connectivity index (χ4v) is 3.42. The maximum atomic E-state index is 12.5. The minimum absolute atomic E-state index is 0.101. The third-order valence-corrected chi connectivity index (χ3v) is 5.26. The summed E-state index contributed by atoms with van der Waals surface area (Å²) < 4.78 is 1.42. The molecule has 0 saturated carbocycles. The second-order valence-electron chi connectivity index (χ2n) is 7.55. The largest absolute Gasteiger partial charge is 0.352 e. The number of piperazine rings is 1. The van der Waals surface area contributed by atoms with Crippen LogP contribution in [0.5, 0.6) is 0 Å². The normalized spacial score (nSPS) is 13.9. The van der Waals surface area contributed by atoms with Crippen molar-refractivity contribution in [2.24, 2.45) is 0 Å². The van der Waals surface area contributed by atoms with Gasteiger partial charge in [0.2, 0.25) is 0 Å². The van der Waals surface area contributed by atoms with E-state index in [1.54, 1.807) is 17.0 Å². The first-order chi connectivity index (χ1) is 14.5. The molecule has 7 nitrogen and oxygen atoms in total. The fraction of sp³-hybridized carbons (Fsp3) is 0.261. The molecular formula is C23H25N5O2. The fourth-order valence-electron chi connectivity index (χ4n) is 3.42. The Labute approximate surface area is 175 Å². The van der Waals surface area contributed by atoms with Gasteiger partial charge in [-0.25, -0.2) is 4.79 Å². The molecule has 30 heavy (non-hydrogen) atoms. The molecule has 4 rings (SSSR count). The first-order valence-corrected chi connectivity index (χ1v) is 10.0. The van der Waals surface area contributed by atoms with Gasteiger partial charge in [0.1, 0.15) is 5.82 Å². The lowest BCUT2D eigenvalue weighted by atomic mass is 10.2. The quantitative estimate of drug-likeness (QED) is 0.729. The van der Waals surface area contributed by atoms with Crippen LogP contribution >= 0.6 is 0 Å². The monoisotopic (exact) mass is 403 g/mol. The summed E-state index contributed by atoms with van der Waals surface area (Å²) in [5, 5.41) is 7.50. The molecule has 1 aliphatic rings. The first kappa shape index (κ1) is 19.7. The van der Waals surface area contributed by atoms with Crippen LogP contribution in [0.25, 0.3) is 5.69 Å². The predicted octanol–water partition coefficient (Wildman–Crippen LogP) is 3.20. The van der Waals surface area contributed by atoms with Crippen LogP contribution in [0.15, 0.2) is 65.5 Å². The number of carbonyl (C=O) groups is 1. The molecule has 1 aliphatic heterocycles. The zero-order valence-electron chi connectivity index (χ0n) is 17.2. The smallest absolute Gasteiger partial charge is 0.321 e. The number of benzene rings is 2. The number of amides is 2. The Morgan fingerprint density at radius 3 is 2.07 bits per heavy atom. The Kier molecular flexibility index (Phi) is 5.52. The average molecular weight is 403 g/mol. The van der Waals surface area contributed by atoms with Crippen LogP contribution in [0, 0.1) is 13.8 Å². The number of carbonyl (C=O) groups excluding carboxylic acids is 1. The Morgan fingerprint density at radius 1 is 0.833 bits per heavy atom. The molecule has 0 spiro atoms. The SMILES string of the molecule is Cc1ccc(NC(=O)N2CCN(c3ccc(=O)n(-c4ccc(C)cc4)n3)CC2)cc1. The minimum Gasteiger partial charge on any atom is -0.352 e. The molecule has 0 unspecified atom stereocenters. The predicted molar refractivity (Wildman–Crippen MR) is 119 cm³/mol. The molecule has 7 heteroatoms. The van der Waals surface area contributed by atoms with E-state index in [2.05, 4.69) is 15.3 Å². The van der Waals surface area contributed by atoms with Gasteiger partial charge in [-0.1, -0.05) is 35.4 Å². The van der Waals surface area contributed by atoms with Crippen molar-refractivity contribution in [3.8, 4) is 5.69 Å². The standard InChI is InChI=1S/C23H25N5O2/c1-17-3-7-19(8-4-17)24-23(30)27-15-13-26(14-16-27)21-11-12-22(29)28(25-21)20-9-5-18(2)6-10-20/h3-12H,13-16H2,1-2H3,(H,24,30). The van der Waals surface area contributed by atoms with E-state index in [0.717, 1.165) is 28.3 Å². The van der Waals surface area contributed by atoms with Crippen LogP contribution < -0.4 is 15.8 Å². The summed E-state index contributed by atoms with van der Waals surface area (Å²) in [6, 6.07) is 18.6. The summed E-state index contributed by atoms with van der Waals surface area (Å²) in [5.74, 6) is 0.730. The van der Waals surface area contributed by atoms with Crippen molar-refractivity contribution in [1.29, 1.82) is 0 Å². The Morgan fingerprint density at radius 2 is 1.43 bits per heavy atom. The number of urea groups is 1. The van der Waals surface area contributed by atoms with Gasteiger partial charge in [-0.3, -0.25) is 4.79 Å². The maximum absolute atomic E-state index is 12.5. The molecule has 1 fully saturated rings. The maximum Gasteiger partial charge on any atom is 0.321 e. The average Bonchev–Trinajstić information content (AvgIpc) is 2.76. The lowest BCUT2D eigenvalue weighted by Gasteiger charge is -2.35. The van der Waals surface area contributed by atoms with Crippen LogP contribution in [-0.4, -0.2) is 46.9 Å². The summed E-state index contributed by atoms with van der Waals surface area (Å²) in [6.45, 7) is 6.50. The molecule has 0 atom stereocenters. The molecule has 154 valence electrons. The van der Waals surface area contributed by atoms with Crippen LogP contribution in [0.4, 0.5) is 16.3 Å². The third kappa shape index (κ3) is 4.35. The zero-order chi connectivity index (χ0) is 21.1. The molecule has 0 bridgehead atoms. The Hall–Kier alpha value is -3.61. The molecule has 1 saturated heterocycles. The van der Waals surface area contributed by atoms with Crippen LogP contribution in [0.3, 0.4) is 0 Å². The number of aromatic nitrogens is 2. The van der Waals surface area contributed by atoms with E-state index in [0.29, 0.717) is 26.2 Å². The highest BCUT2D eigenvalue weighted by Crippen LogP contribution is 2.15. The number of hydrogen-bond acceptors (Lipinski definition) is 4. The van der Waals surface area contributed by atoms with Gasteiger partial charge in [0, 0.05) is 37.9 Å². The van der Waals surface area contributed by atoms with Crippen molar-refractivity contribution in [3.63, 3.8) is 0 Å². The van der Waals surface area contributed by atoms with Gasteiger partial charge < -0.3 is 15.1 Å². The van der Waals surface area contributed by atoms with E-state index in [1.165, 1.54) is 4.68 Å². The van der Waals surface area contributed by atoms with Crippen LogP contribution in [0.1, 0.15) is 11.1 Å². The zero-order valence-corrected chi connectivity index (χ0v) is 17.2. The van der Waals surface area contributed by atoms with Crippen molar-refractivity contribution < 1.29 is 4.79 Å². The van der Waals surface area contributed by atoms with Gasteiger partial charge in [0.15, 0.2) is 0 Å². The molecule has 3 aromatic rings. The van der Waals surface area contributed by atoms with Gasteiger partial charge in [-0.2, -0.15) is 4.68 Å². The van der Waals surface area contributed by atoms with Crippen molar-refractivity contribution >= 4 is 17.5 Å². The Bertz CT molecular complexity index is 1080. The van der Waals surface area contributed by atoms with E-state index in [1.807, 2.05) is 62.4 Å². The molecule has 2 amide bonds. The molecule has 0 radical (unpaired) electrons. The van der Waals surface area contributed by atoms with E-state index >= 15 is 0 Å². The molecule has 0 aliphatic carbocycles. The number of rotatable bonds is 3. The van der Waals surface area contributed by atoms with E-state index in [-0.39, 0.29) is 11.6 Å².